The molecule has 0 N–H and O–H groups in total. The van der Waals surface area contributed by atoms with Crippen LogP contribution in [0.2, 0.25) is 0 Å². The highest BCUT2D eigenvalue weighted by molar-refractivity contribution is 8.14. The Morgan fingerprint density at radius 1 is 1.12 bits per heavy atom. The number of carbonyl (C=O) groups is 1. The molecule has 0 heterocycles. The minimum absolute atomic E-state index is 0.267. The Balaban J connectivity index is 1.88. The van der Waals surface area contributed by atoms with Crippen LogP contribution in [0.1, 0.15) is 44.1 Å². The highest BCUT2D eigenvalue weighted by Crippen LogP contribution is 2.37. The van der Waals surface area contributed by atoms with Crippen molar-refractivity contribution in [2.45, 2.75) is 43.8 Å². The van der Waals surface area contributed by atoms with Crippen molar-refractivity contribution in [3.8, 4) is 0 Å². The lowest BCUT2D eigenvalue weighted by molar-refractivity contribution is -0.109. The summed E-state index contributed by atoms with van der Waals surface area (Å²) in [5, 5.41) is 0.834. The van der Waals surface area contributed by atoms with Gasteiger partial charge in [-0.3, -0.25) is 4.79 Å². The Labute approximate surface area is 102 Å². The molecule has 0 spiro atoms. The van der Waals surface area contributed by atoms with Crippen LogP contribution in [-0.2, 0) is 4.79 Å². The Morgan fingerprint density at radius 3 is 2.31 bits per heavy atom. The summed E-state index contributed by atoms with van der Waals surface area (Å²) < 4.78 is 0. The first-order valence-corrected chi connectivity index (χ1v) is 6.86. The van der Waals surface area contributed by atoms with Crippen LogP contribution in [0, 0.1) is 0 Å². The normalized spacial score (nSPS) is 25.3. The van der Waals surface area contributed by atoms with E-state index in [0.29, 0.717) is 11.2 Å². The molecule has 86 valence electrons. The van der Waals surface area contributed by atoms with Crippen molar-refractivity contribution >= 4 is 16.9 Å². The lowest BCUT2D eigenvalue weighted by atomic mass is 9.84. The molecule has 1 aliphatic carbocycles. The molecule has 1 aromatic rings. The molecule has 0 aromatic heterocycles. The molecule has 2 heteroatoms. The lowest BCUT2D eigenvalue weighted by Crippen LogP contribution is -2.16. The summed E-state index contributed by atoms with van der Waals surface area (Å²) in [4.78, 5) is 11.0. The van der Waals surface area contributed by atoms with Gasteiger partial charge in [0, 0.05) is 12.2 Å². The summed E-state index contributed by atoms with van der Waals surface area (Å²) in [6.07, 6.45) is 4.83. The van der Waals surface area contributed by atoms with Crippen molar-refractivity contribution in [2.75, 3.05) is 0 Å². The van der Waals surface area contributed by atoms with Gasteiger partial charge in [0.2, 0.25) is 0 Å². The summed E-state index contributed by atoms with van der Waals surface area (Å²) in [5.74, 6) is 0.713. The van der Waals surface area contributed by atoms with Gasteiger partial charge in [-0.05, 0) is 37.2 Å². The quantitative estimate of drug-likeness (QED) is 0.769. The predicted octanol–water partition coefficient (Wildman–Crippen LogP) is 3.99. The van der Waals surface area contributed by atoms with Crippen LogP contribution in [0.3, 0.4) is 0 Å². The lowest BCUT2D eigenvalue weighted by Gasteiger charge is -2.27. The van der Waals surface area contributed by atoms with Crippen LogP contribution >= 0.6 is 11.8 Å². The second-order valence-corrected chi connectivity index (χ2v) is 5.97. The highest BCUT2D eigenvalue weighted by atomic mass is 32.2. The van der Waals surface area contributed by atoms with Gasteiger partial charge >= 0.3 is 0 Å². The molecular formula is C14H18OS. The smallest absolute Gasteiger partial charge is 0.186 e. The molecule has 1 aromatic carbocycles. The molecular weight excluding hydrogens is 216 g/mol. The largest absolute Gasteiger partial charge is 0.288 e. The third-order valence-corrected chi connectivity index (χ3v) is 4.41. The molecule has 1 fully saturated rings. The molecule has 0 aliphatic heterocycles. The van der Waals surface area contributed by atoms with Gasteiger partial charge in [-0.1, -0.05) is 42.1 Å². The fourth-order valence-corrected chi connectivity index (χ4v) is 3.45. The third kappa shape index (κ3) is 3.11. The summed E-state index contributed by atoms with van der Waals surface area (Å²) in [5.41, 5.74) is 1.47. The van der Waals surface area contributed by atoms with Crippen molar-refractivity contribution in [2.24, 2.45) is 0 Å². The zero-order chi connectivity index (χ0) is 11.4. The standard InChI is InChI=1S/C14H18OS/c1-11(15)16-14-9-7-13(8-10-14)12-5-3-2-4-6-12/h2-6,13-14H,7-10H2,1H3. The second-order valence-electron chi connectivity index (χ2n) is 4.49. The topological polar surface area (TPSA) is 17.1 Å². The maximum atomic E-state index is 11.0. The average Bonchev–Trinajstić information content (AvgIpc) is 2.30. The predicted molar refractivity (Wildman–Crippen MR) is 69.7 cm³/mol. The summed E-state index contributed by atoms with van der Waals surface area (Å²) >= 11 is 1.53. The molecule has 0 atom stereocenters. The maximum Gasteiger partial charge on any atom is 0.186 e. The van der Waals surface area contributed by atoms with Gasteiger partial charge in [0.25, 0.3) is 0 Å². The van der Waals surface area contributed by atoms with E-state index in [4.69, 9.17) is 0 Å². The molecule has 2 rings (SSSR count). The van der Waals surface area contributed by atoms with Crippen molar-refractivity contribution in [1.29, 1.82) is 0 Å². The van der Waals surface area contributed by atoms with Crippen LogP contribution in [0.25, 0.3) is 0 Å². The Hall–Kier alpha value is -0.760. The van der Waals surface area contributed by atoms with E-state index in [-0.39, 0.29) is 5.12 Å². The first-order chi connectivity index (χ1) is 7.75. The highest BCUT2D eigenvalue weighted by Gasteiger charge is 2.23. The zero-order valence-electron chi connectivity index (χ0n) is 9.69. The van der Waals surface area contributed by atoms with E-state index in [9.17, 15) is 4.79 Å². The Kier molecular flexibility index (Phi) is 4.05. The van der Waals surface area contributed by atoms with Gasteiger partial charge in [-0.15, -0.1) is 0 Å². The minimum atomic E-state index is 0.267. The van der Waals surface area contributed by atoms with Gasteiger partial charge in [-0.25, -0.2) is 0 Å². The van der Waals surface area contributed by atoms with Crippen LogP contribution in [0.15, 0.2) is 30.3 Å². The number of thioether (sulfide) groups is 1. The number of hydrogen-bond donors (Lipinski definition) is 0. The average molecular weight is 234 g/mol. The number of benzene rings is 1. The van der Waals surface area contributed by atoms with Crippen LogP contribution < -0.4 is 0 Å². The summed E-state index contributed by atoms with van der Waals surface area (Å²) in [6, 6.07) is 10.8. The number of carbonyl (C=O) groups excluding carboxylic acids is 1. The molecule has 0 unspecified atom stereocenters. The van der Waals surface area contributed by atoms with E-state index in [1.54, 1.807) is 6.92 Å². The molecule has 1 aliphatic rings. The molecule has 16 heavy (non-hydrogen) atoms. The van der Waals surface area contributed by atoms with E-state index in [1.807, 2.05) is 0 Å². The number of hydrogen-bond acceptors (Lipinski definition) is 2. The van der Waals surface area contributed by atoms with E-state index < -0.39 is 0 Å². The summed E-state index contributed by atoms with van der Waals surface area (Å²) in [7, 11) is 0. The van der Waals surface area contributed by atoms with Crippen molar-refractivity contribution in [1.82, 2.24) is 0 Å². The van der Waals surface area contributed by atoms with Crippen LogP contribution in [0.4, 0.5) is 0 Å². The Bertz CT molecular complexity index is 339. The van der Waals surface area contributed by atoms with E-state index in [0.717, 1.165) is 0 Å². The SMILES string of the molecule is CC(=O)SC1CCC(c2ccccc2)CC1. The minimum Gasteiger partial charge on any atom is -0.288 e. The van der Waals surface area contributed by atoms with Crippen molar-refractivity contribution < 1.29 is 4.79 Å². The molecule has 0 amide bonds. The van der Waals surface area contributed by atoms with Crippen LogP contribution in [-0.4, -0.2) is 10.4 Å². The van der Waals surface area contributed by atoms with E-state index >= 15 is 0 Å². The molecule has 1 saturated carbocycles. The maximum absolute atomic E-state index is 11.0. The van der Waals surface area contributed by atoms with Crippen molar-refractivity contribution in [3.05, 3.63) is 35.9 Å². The Morgan fingerprint density at radius 2 is 1.75 bits per heavy atom. The van der Waals surface area contributed by atoms with Gasteiger partial charge in [0.1, 0.15) is 0 Å². The molecule has 0 bridgehead atoms. The summed E-state index contributed by atoms with van der Waals surface area (Å²) in [6.45, 7) is 1.67. The van der Waals surface area contributed by atoms with Gasteiger partial charge in [0.15, 0.2) is 5.12 Å². The van der Waals surface area contributed by atoms with Gasteiger partial charge < -0.3 is 0 Å². The van der Waals surface area contributed by atoms with Crippen LogP contribution in [0.5, 0.6) is 0 Å². The second kappa shape index (κ2) is 5.53. The van der Waals surface area contributed by atoms with Crippen molar-refractivity contribution in [3.63, 3.8) is 0 Å². The first-order valence-electron chi connectivity index (χ1n) is 5.98. The first kappa shape index (κ1) is 11.7. The number of rotatable bonds is 2. The fraction of sp³-hybridized carbons (Fsp3) is 0.500. The zero-order valence-corrected chi connectivity index (χ0v) is 10.5. The third-order valence-electron chi connectivity index (χ3n) is 3.28. The molecule has 0 saturated heterocycles. The van der Waals surface area contributed by atoms with Gasteiger partial charge in [0.05, 0.1) is 0 Å². The molecule has 0 radical (unpaired) electrons. The monoisotopic (exact) mass is 234 g/mol. The van der Waals surface area contributed by atoms with E-state index in [1.165, 1.54) is 43.0 Å². The van der Waals surface area contributed by atoms with Gasteiger partial charge in [-0.2, -0.15) is 0 Å². The van der Waals surface area contributed by atoms with E-state index in [2.05, 4.69) is 30.3 Å². The molecule has 1 nitrogen and oxygen atoms in total. The fourth-order valence-electron chi connectivity index (χ4n) is 2.47.